The van der Waals surface area contributed by atoms with Crippen molar-refractivity contribution in [1.29, 1.82) is 0 Å². The molecule has 1 heterocycles. The van der Waals surface area contributed by atoms with Gasteiger partial charge in [-0.3, -0.25) is 4.79 Å². The summed E-state index contributed by atoms with van der Waals surface area (Å²) in [7, 11) is -3.94. The van der Waals surface area contributed by atoms with Crippen LogP contribution in [0, 0.1) is 17.5 Å². The van der Waals surface area contributed by atoms with Gasteiger partial charge in [0.1, 0.15) is 0 Å². The summed E-state index contributed by atoms with van der Waals surface area (Å²) in [6.07, 6.45) is 0.0516. The molecule has 156 valence electrons. The van der Waals surface area contributed by atoms with Crippen molar-refractivity contribution in [2.24, 2.45) is 0 Å². The van der Waals surface area contributed by atoms with E-state index >= 15 is 0 Å². The molecule has 1 saturated heterocycles. The van der Waals surface area contributed by atoms with E-state index in [-0.39, 0.29) is 33.7 Å². The van der Waals surface area contributed by atoms with Gasteiger partial charge >= 0.3 is 0 Å². The maximum absolute atomic E-state index is 13.3. The van der Waals surface area contributed by atoms with Gasteiger partial charge in [-0.2, -0.15) is 4.31 Å². The Morgan fingerprint density at radius 2 is 1.69 bits per heavy atom. The molecule has 2 aromatic rings. The van der Waals surface area contributed by atoms with E-state index in [0.29, 0.717) is 25.0 Å². The molecule has 3 rings (SSSR count). The summed E-state index contributed by atoms with van der Waals surface area (Å²) >= 11 is 3.16. The first-order valence-corrected chi connectivity index (χ1v) is 10.8. The number of nitrogens with zero attached hydrogens (tertiary/aromatic N) is 1. The number of amides is 1. The lowest BCUT2D eigenvalue weighted by molar-refractivity contribution is 0.102. The molecule has 0 aliphatic carbocycles. The highest BCUT2D eigenvalue weighted by atomic mass is 79.9. The average molecular weight is 493 g/mol. The quantitative estimate of drug-likeness (QED) is 0.641. The zero-order chi connectivity index (χ0) is 21.3. The van der Waals surface area contributed by atoms with Gasteiger partial charge in [0, 0.05) is 40.9 Å². The number of nitrogens with one attached hydrogen (secondary N) is 1. The first-order chi connectivity index (χ1) is 13.6. The highest BCUT2D eigenvalue weighted by molar-refractivity contribution is 9.10. The standard InChI is InChI=1S/C18H16BrF3N2O4S/c19-13-2-1-10(18(26)23-11-8-14(20)17(22)15(21)9-11)7-16(13)29(27,28)24-5-3-12(25)4-6-24/h1-2,7-9,12,25H,3-6H2,(H,23,26). The summed E-state index contributed by atoms with van der Waals surface area (Å²) in [6.45, 7) is 0.279. The van der Waals surface area contributed by atoms with Crippen molar-refractivity contribution in [1.82, 2.24) is 4.31 Å². The van der Waals surface area contributed by atoms with Crippen LogP contribution in [-0.2, 0) is 10.0 Å². The van der Waals surface area contributed by atoms with Crippen LogP contribution in [0.1, 0.15) is 23.2 Å². The fraction of sp³-hybridized carbons (Fsp3) is 0.278. The minimum atomic E-state index is -3.94. The van der Waals surface area contributed by atoms with Gasteiger partial charge in [0.05, 0.1) is 11.0 Å². The Morgan fingerprint density at radius 1 is 1.10 bits per heavy atom. The summed E-state index contributed by atoms with van der Waals surface area (Å²) in [4.78, 5) is 12.3. The molecule has 6 nitrogen and oxygen atoms in total. The number of benzene rings is 2. The highest BCUT2D eigenvalue weighted by Crippen LogP contribution is 2.29. The molecule has 11 heteroatoms. The number of piperidine rings is 1. The Hall–Kier alpha value is -1.95. The molecule has 1 fully saturated rings. The fourth-order valence-electron chi connectivity index (χ4n) is 2.89. The number of halogens is 4. The molecule has 0 unspecified atom stereocenters. The SMILES string of the molecule is O=C(Nc1cc(F)c(F)c(F)c1)c1ccc(Br)c(S(=O)(=O)N2CCC(O)CC2)c1. The number of sulfonamides is 1. The van der Waals surface area contributed by atoms with Crippen LogP contribution in [0.2, 0.25) is 0 Å². The van der Waals surface area contributed by atoms with E-state index in [1.807, 2.05) is 0 Å². The molecular formula is C18H16BrF3N2O4S. The monoisotopic (exact) mass is 492 g/mol. The van der Waals surface area contributed by atoms with Crippen molar-refractivity contribution in [2.75, 3.05) is 18.4 Å². The molecule has 1 aliphatic heterocycles. The Morgan fingerprint density at radius 3 is 2.28 bits per heavy atom. The maximum Gasteiger partial charge on any atom is 0.255 e. The summed E-state index contributed by atoms with van der Waals surface area (Å²) in [5.41, 5.74) is -0.391. The number of carbonyl (C=O) groups excluding carboxylic acids is 1. The molecule has 2 N–H and O–H groups in total. The van der Waals surface area contributed by atoms with Crippen LogP contribution in [-0.4, -0.2) is 42.9 Å². The van der Waals surface area contributed by atoms with Gasteiger partial charge < -0.3 is 10.4 Å². The Bertz CT molecular complexity index is 1030. The van der Waals surface area contributed by atoms with Crippen molar-refractivity contribution in [3.8, 4) is 0 Å². The number of hydrogen-bond donors (Lipinski definition) is 2. The van der Waals surface area contributed by atoms with Crippen LogP contribution in [0.25, 0.3) is 0 Å². The number of hydrogen-bond acceptors (Lipinski definition) is 4. The van der Waals surface area contributed by atoms with E-state index in [4.69, 9.17) is 0 Å². The van der Waals surface area contributed by atoms with E-state index in [9.17, 15) is 31.5 Å². The molecule has 0 radical (unpaired) electrons. The van der Waals surface area contributed by atoms with Crippen molar-refractivity contribution < 1.29 is 31.5 Å². The Labute approximate surface area is 173 Å². The lowest BCUT2D eigenvalue weighted by Gasteiger charge is -2.29. The lowest BCUT2D eigenvalue weighted by atomic mass is 10.1. The molecule has 0 atom stereocenters. The van der Waals surface area contributed by atoms with E-state index in [1.54, 1.807) is 0 Å². The molecule has 0 aromatic heterocycles. The third-order valence-corrected chi connectivity index (χ3v) is 7.37. The summed E-state index contributed by atoms with van der Waals surface area (Å²) in [5, 5.41) is 11.8. The van der Waals surface area contributed by atoms with Gasteiger partial charge in [-0.1, -0.05) is 0 Å². The van der Waals surface area contributed by atoms with E-state index in [0.717, 1.165) is 6.07 Å². The van der Waals surface area contributed by atoms with Crippen molar-refractivity contribution in [3.05, 3.63) is 57.8 Å². The van der Waals surface area contributed by atoms with Crippen LogP contribution in [0.3, 0.4) is 0 Å². The third-order valence-electron chi connectivity index (χ3n) is 4.48. The van der Waals surface area contributed by atoms with Crippen LogP contribution in [0.15, 0.2) is 39.7 Å². The second kappa shape index (κ2) is 8.42. The molecule has 1 aliphatic rings. The van der Waals surface area contributed by atoms with Crippen LogP contribution in [0.4, 0.5) is 18.9 Å². The number of rotatable bonds is 4. The van der Waals surface area contributed by atoms with Gasteiger partial charge in [0.25, 0.3) is 5.91 Å². The third kappa shape index (κ3) is 4.63. The predicted octanol–water partition coefficient (Wildman–Crippen LogP) is 3.26. The molecule has 1 amide bonds. The zero-order valence-corrected chi connectivity index (χ0v) is 17.2. The zero-order valence-electron chi connectivity index (χ0n) is 14.8. The number of aliphatic hydroxyl groups is 1. The topological polar surface area (TPSA) is 86.7 Å². The molecule has 0 spiro atoms. The first kappa shape index (κ1) is 21.8. The van der Waals surface area contributed by atoms with Gasteiger partial charge in [-0.15, -0.1) is 0 Å². The second-order valence-corrected chi connectivity index (χ2v) is 9.25. The number of anilines is 1. The van der Waals surface area contributed by atoms with Crippen molar-refractivity contribution in [2.45, 2.75) is 23.8 Å². The summed E-state index contributed by atoms with van der Waals surface area (Å²) < 4.78 is 67.0. The van der Waals surface area contributed by atoms with E-state index < -0.39 is 39.5 Å². The molecule has 0 saturated carbocycles. The normalized spacial score (nSPS) is 16.0. The van der Waals surface area contributed by atoms with Crippen LogP contribution < -0.4 is 5.32 Å². The number of carbonyl (C=O) groups is 1. The minimum absolute atomic E-state index is 0.0750. The van der Waals surface area contributed by atoms with Crippen molar-refractivity contribution >= 4 is 37.5 Å². The highest BCUT2D eigenvalue weighted by Gasteiger charge is 2.30. The second-order valence-electron chi connectivity index (χ2n) is 6.49. The van der Waals surface area contributed by atoms with Gasteiger partial charge in [0.2, 0.25) is 10.0 Å². The van der Waals surface area contributed by atoms with E-state index in [2.05, 4.69) is 21.2 Å². The van der Waals surface area contributed by atoms with E-state index in [1.165, 1.54) is 16.4 Å². The van der Waals surface area contributed by atoms with Crippen molar-refractivity contribution in [3.63, 3.8) is 0 Å². The Kier molecular flexibility index (Phi) is 6.32. The molecular weight excluding hydrogens is 477 g/mol. The fourth-order valence-corrected chi connectivity index (χ4v) is 5.32. The van der Waals surface area contributed by atoms with Gasteiger partial charge in [-0.25, -0.2) is 21.6 Å². The van der Waals surface area contributed by atoms with Crippen LogP contribution in [0.5, 0.6) is 0 Å². The summed E-state index contributed by atoms with van der Waals surface area (Å²) in [5.74, 6) is -5.42. The first-order valence-electron chi connectivity index (χ1n) is 8.53. The Balaban J connectivity index is 1.87. The average Bonchev–Trinajstić information content (AvgIpc) is 2.66. The van der Waals surface area contributed by atoms with Gasteiger partial charge in [-0.05, 0) is 47.0 Å². The molecule has 0 bridgehead atoms. The maximum atomic E-state index is 13.3. The molecule has 29 heavy (non-hydrogen) atoms. The largest absolute Gasteiger partial charge is 0.393 e. The minimum Gasteiger partial charge on any atom is -0.393 e. The van der Waals surface area contributed by atoms with Gasteiger partial charge in [0.15, 0.2) is 17.5 Å². The predicted molar refractivity (Wildman–Crippen MR) is 102 cm³/mol. The number of aliphatic hydroxyl groups excluding tert-OH is 1. The smallest absolute Gasteiger partial charge is 0.255 e. The van der Waals surface area contributed by atoms with Crippen LogP contribution >= 0.6 is 15.9 Å². The lowest BCUT2D eigenvalue weighted by Crippen LogP contribution is -2.40. The summed E-state index contributed by atoms with van der Waals surface area (Å²) in [6, 6.07) is 5.06. The molecule has 2 aromatic carbocycles.